The van der Waals surface area contributed by atoms with E-state index in [2.05, 4.69) is 15.4 Å². The van der Waals surface area contributed by atoms with Gasteiger partial charge in [-0.1, -0.05) is 23.7 Å². The molecule has 1 heterocycles. The second-order valence-corrected chi connectivity index (χ2v) is 3.95. The fraction of sp³-hybridized carbons (Fsp3) is 0.273. The molecule has 0 bridgehead atoms. The normalized spacial score (nSPS) is 10.7. The van der Waals surface area contributed by atoms with Crippen molar-refractivity contribution >= 4 is 11.6 Å². The molecule has 5 heteroatoms. The Hall–Kier alpha value is -1.39. The number of nitrogens with one attached hydrogen (secondary N) is 1. The Morgan fingerprint density at radius 2 is 2.25 bits per heavy atom. The molecule has 0 aliphatic rings. The number of aryl methyl sites for hydroxylation is 1. The minimum Gasteiger partial charge on any atom is -0.313 e. The van der Waals surface area contributed by atoms with Gasteiger partial charge in [-0.25, -0.2) is 4.98 Å². The zero-order valence-electron chi connectivity index (χ0n) is 9.24. The van der Waals surface area contributed by atoms with Crippen LogP contribution in [0, 0.1) is 0 Å². The molecule has 0 saturated heterocycles. The summed E-state index contributed by atoms with van der Waals surface area (Å²) in [4.78, 5) is 4.44. The van der Waals surface area contributed by atoms with E-state index < -0.39 is 0 Å². The topological polar surface area (TPSA) is 42.7 Å². The van der Waals surface area contributed by atoms with Crippen LogP contribution in [0.1, 0.15) is 5.82 Å². The van der Waals surface area contributed by atoms with Gasteiger partial charge in [0.2, 0.25) is 0 Å². The monoisotopic (exact) mass is 236 g/mol. The molecular weight excluding hydrogens is 224 g/mol. The molecule has 0 saturated carbocycles. The number of benzene rings is 1. The van der Waals surface area contributed by atoms with Gasteiger partial charge >= 0.3 is 0 Å². The molecule has 0 radical (unpaired) electrons. The van der Waals surface area contributed by atoms with Crippen molar-refractivity contribution in [3.8, 4) is 11.4 Å². The highest BCUT2D eigenvalue weighted by molar-refractivity contribution is 6.30. The van der Waals surface area contributed by atoms with Crippen molar-refractivity contribution in [2.75, 3.05) is 7.05 Å². The van der Waals surface area contributed by atoms with Crippen molar-refractivity contribution in [1.82, 2.24) is 20.1 Å². The largest absolute Gasteiger partial charge is 0.313 e. The van der Waals surface area contributed by atoms with Gasteiger partial charge in [0.1, 0.15) is 5.82 Å². The van der Waals surface area contributed by atoms with E-state index in [1.165, 1.54) is 0 Å². The standard InChI is InChI=1S/C11H13ClN4/c1-13-7-10-14-11(15-16(10)2)8-4-3-5-9(12)6-8/h3-6,13H,7H2,1-2H3. The van der Waals surface area contributed by atoms with Crippen molar-refractivity contribution in [2.45, 2.75) is 6.54 Å². The highest BCUT2D eigenvalue weighted by Crippen LogP contribution is 2.19. The molecule has 0 atom stereocenters. The lowest BCUT2D eigenvalue weighted by atomic mass is 10.2. The predicted molar refractivity (Wildman–Crippen MR) is 64.2 cm³/mol. The number of nitrogens with zero attached hydrogens (tertiary/aromatic N) is 3. The Balaban J connectivity index is 2.37. The number of hydrogen-bond acceptors (Lipinski definition) is 3. The summed E-state index contributed by atoms with van der Waals surface area (Å²) in [6, 6.07) is 7.54. The summed E-state index contributed by atoms with van der Waals surface area (Å²) in [7, 11) is 3.77. The van der Waals surface area contributed by atoms with Crippen LogP contribution in [0.5, 0.6) is 0 Å². The van der Waals surface area contributed by atoms with E-state index >= 15 is 0 Å². The first kappa shape index (κ1) is 11.1. The SMILES string of the molecule is CNCc1nc(-c2cccc(Cl)c2)nn1C. The molecule has 16 heavy (non-hydrogen) atoms. The Labute approximate surface area is 99.3 Å². The molecule has 1 aromatic heterocycles. The van der Waals surface area contributed by atoms with E-state index in [-0.39, 0.29) is 0 Å². The molecule has 0 aliphatic carbocycles. The van der Waals surface area contributed by atoms with Gasteiger partial charge in [0, 0.05) is 17.6 Å². The summed E-state index contributed by atoms with van der Waals surface area (Å²) in [6.45, 7) is 0.698. The predicted octanol–water partition coefficient (Wildman–Crippen LogP) is 1.85. The Morgan fingerprint density at radius 1 is 1.44 bits per heavy atom. The molecule has 84 valence electrons. The van der Waals surface area contributed by atoms with Gasteiger partial charge in [-0.05, 0) is 19.2 Å². The molecule has 0 unspecified atom stereocenters. The molecule has 2 rings (SSSR count). The fourth-order valence-electron chi connectivity index (χ4n) is 1.48. The molecule has 1 N–H and O–H groups in total. The van der Waals surface area contributed by atoms with E-state index in [1.807, 2.05) is 38.4 Å². The molecular formula is C11H13ClN4. The zero-order chi connectivity index (χ0) is 11.5. The number of halogens is 1. The first-order valence-electron chi connectivity index (χ1n) is 5.01. The summed E-state index contributed by atoms with van der Waals surface area (Å²) in [5.41, 5.74) is 0.936. The Kier molecular flexibility index (Phi) is 3.22. The molecule has 0 amide bonds. The lowest BCUT2D eigenvalue weighted by Gasteiger charge is -1.95. The summed E-state index contributed by atoms with van der Waals surface area (Å²) in [6.07, 6.45) is 0. The number of rotatable bonds is 3. The van der Waals surface area contributed by atoms with Gasteiger partial charge in [-0.3, -0.25) is 4.68 Å². The highest BCUT2D eigenvalue weighted by atomic mass is 35.5. The molecule has 0 fully saturated rings. The van der Waals surface area contributed by atoms with Crippen LogP contribution >= 0.6 is 11.6 Å². The lowest BCUT2D eigenvalue weighted by Crippen LogP contribution is -2.10. The van der Waals surface area contributed by atoms with Gasteiger partial charge in [0.05, 0.1) is 6.54 Å². The van der Waals surface area contributed by atoms with E-state index in [9.17, 15) is 0 Å². The summed E-state index contributed by atoms with van der Waals surface area (Å²) in [5.74, 6) is 1.60. The van der Waals surface area contributed by atoms with Crippen molar-refractivity contribution in [2.24, 2.45) is 7.05 Å². The minimum atomic E-state index is 0.695. The van der Waals surface area contributed by atoms with Crippen LogP contribution in [0.2, 0.25) is 5.02 Å². The Morgan fingerprint density at radius 3 is 2.94 bits per heavy atom. The van der Waals surface area contributed by atoms with Crippen molar-refractivity contribution in [3.63, 3.8) is 0 Å². The van der Waals surface area contributed by atoms with Crippen LogP contribution in [0.15, 0.2) is 24.3 Å². The minimum absolute atomic E-state index is 0.695. The van der Waals surface area contributed by atoms with Gasteiger partial charge < -0.3 is 5.32 Å². The van der Waals surface area contributed by atoms with Crippen LogP contribution in [0.3, 0.4) is 0 Å². The smallest absolute Gasteiger partial charge is 0.181 e. The number of aromatic nitrogens is 3. The maximum absolute atomic E-state index is 5.93. The lowest BCUT2D eigenvalue weighted by molar-refractivity contribution is 0.660. The molecule has 4 nitrogen and oxygen atoms in total. The average molecular weight is 237 g/mol. The van der Waals surface area contributed by atoms with Gasteiger partial charge in [0.25, 0.3) is 0 Å². The Bertz CT molecular complexity index is 492. The third-order valence-corrected chi connectivity index (χ3v) is 2.51. The van der Waals surface area contributed by atoms with Crippen LogP contribution in [-0.2, 0) is 13.6 Å². The first-order valence-corrected chi connectivity index (χ1v) is 5.39. The molecule has 1 aromatic carbocycles. The molecule has 0 spiro atoms. The van der Waals surface area contributed by atoms with Crippen LogP contribution in [0.25, 0.3) is 11.4 Å². The third-order valence-electron chi connectivity index (χ3n) is 2.27. The van der Waals surface area contributed by atoms with E-state index in [0.717, 1.165) is 11.4 Å². The highest BCUT2D eigenvalue weighted by Gasteiger charge is 2.08. The fourth-order valence-corrected chi connectivity index (χ4v) is 1.67. The molecule has 2 aromatic rings. The maximum atomic E-state index is 5.93. The average Bonchev–Trinajstić information content (AvgIpc) is 2.61. The summed E-state index contributed by atoms with van der Waals surface area (Å²) < 4.78 is 1.77. The van der Waals surface area contributed by atoms with Gasteiger partial charge in [-0.15, -0.1) is 0 Å². The maximum Gasteiger partial charge on any atom is 0.181 e. The van der Waals surface area contributed by atoms with Crippen LogP contribution < -0.4 is 5.32 Å². The quantitative estimate of drug-likeness (QED) is 0.885. The van der Waals surface area contributed by atoms with Crippen LogP contribution in [0.4, 0.5) is 0 Å². The van der Waals surface area contributed by atoms with Crippen LogP contribution in [-0.4, -0.2) is 21.8 Å². The van der Waals surface area contributed by atoms with Crippen molar-refractivity contribution < 1.29 is 0 Å². The van der Waals surface area contributed by atoms with E-state index in [0.29, 0.717) is 17.4 Å². The number of hydrogen-bond donors (Lipinski definition) is 1. The summed E-state index contributed by atoms with van der Waals surface area (Å²) >= 11 is 5.93. The third kappa shape index (κ3) is 2.23. The van der Waals surface area contributed by atoms with Gasteiger partial charge in [-0.2, -0.15) is 5.10 Å². The van der Waals surface area contributed by atoms with Gasteiger partial charge in [0.15, 0.2) is 5.82 Å². The first-order chi connectivity index (χ1) is 7.70. The van der Waals surface area contributed by atoms with E-state index in [4.69, 9.17) is 11.6 Å². The zero-order valence-corrected chi connectivity index (χ0v) is 9.99. The molecule has 0 aliphatic heterocycles. The summed E-state index contributed by atoms with van der Waals surface area (Å²) in [5, 5.41) is 8.09. The van der Waals surface area contributed by atoms with Crippen molar-refractivity contribution in [1.29, 1.82) is 0 Å². The second-order valence-electron chi connectivity index (χ2n) is 3.52. The van der Waals surface area contributed by atoms with E-state index in [1.54, 1.807) is 4.68 Å². The van der Waals surface area contributed by atoms with Crippen molar-refractivity contribution in [3.05, 3.63) is 35.1 Å². The second kappa shape index (κ2) is 4.63.